The van der Waals surface area contributed by atoms with E-state index in [1.54, 1.807) is 14.2 Å². The molecule has 0 atom stereocenters. The topological polar surface area (TPSA) is 48.9 Å². The van der Waals surface area contributed by atoms with Crippen LogP contribution in [0.15, 0.2) is 53.5 Å². The molecule has 2 aromatic carbocycles. The molecule has 0 unspecified atom stereocenters. The Morgan fingerprint density at radius 3 is 2.24 bits per heavy atom. The van der Waals surface area contributed by atoms with Gasteiger partial charge in [-0.3, -0.25) is 9.89 Å². The van der Waals surface area contributed by atoms with Crippen molar-refractivity contribution in [2.75, 3.05) is 27.2 Å². The van der Waals surface area contributed by atoms with Gasteiger partial charge in [-0.1, -0.05) is 55.0 Å². The fraction of sp³-hybridized carbons (Fsp3) is 0.458. The van der Waals surface area contributed by atoms with E-state index in [4.69, 9.17) is 4.74 Å². The Hall–Kier alpha value is -2.37. The van der Waals surface area contributed by atoms with Gasteiger partial charge in [0, 0.05) is 33.8 Å². The van der Waals surface area contributed by atoms with Gasteiger partial charge in [-0.25, -0.2) is 0 Å². The highest BCUT2D eigenvalue weighted by Crippen LogP contribution is 2.13. The minimum Gasteiger partial charge on any atom is -0.380 e. The van der Waals surface area contributed by atoms with Gasteiger partial charge in [0.25, 0.3) is 0 Å². The molecule has 1 aliphatic rings. The molecule has 1 aliphatic heterocycles. The predicted molar refractivity (Wildman–Crippen MR) is 120 cm³/mol. The van der Waals surface area contributed by atoms with E-state index in [2.05, 4.69) is 69.1 Å². The molecule has 29 heavy (non-hydrogen) atoms. The van der Waals surface area contributed by atoms with Crippen LogP contribution in [0.25, 0.3) is 0 Å². The van der Waals surface area contributed by atoms with Crippen molar-refractivity contribution in [1.82, 2.24) is 15.5 Å². The number of ether oxygens (including phenoxy) is 1. The molecule has 2 aromatic rings. The standard InChI is InChI=1S/C24H34N4O/c1-25-24(27-17-22-7-6-8-23(15-22)19-29-2)26-16-20-9-11-21(12-10-20)18-28-13-4-3-5-14-28/h6-12,15H,3-5,13-14,16-19H2,1-2H3,(H2,25,26,27). The van der Waals surface area contributed by atoms with Gasteiger partial charge < -0.3 is 15.4 Å². The average Bonchev–Trinajstić information content (AvgIpc) is 2.76. The molecule has 0 radical (unpaired) electrons. The van der Waals surface area contributed by atoms with E-state index >= 15 is 0 Å². The summed E-state index contributed by atoms with van der Waals surface area (Å²) in [5, 5.41) is 6.78. The van der Waals surface area contributed by atoms with Gasteiger partial charge in [-0.15, -0.1) is 0 Å². The minimum atomic E-state index is 0.634. The third kappa shape index (κ3) is 7.18. The first-order valence-electron chi connectivity index (χ1n) is 10.6. The number of benzene rings is 2. The van der Waals surface area contributed by atoms with Crippen molar-refractivity contribution in [3.05, 3.63) is 70.8 Å². The van der Waals surface area contributed by atoms with E-state index in [-0.39, 0.29) is 0 Å². The molecule has 0 amide bonds. The Labute approximate surface area is 175 Å². The van der Waals surface area contributed by atoms with E-state index in [9.17, 15) is 0 Å². The lowest BCUT2D eigenvalue weighted by Gasteiger charge is -2.26. The number of hydrogen-bond acceptors (Lipinski definition) is 3. The Morgan fingerprint density at radius 2 is 1.55 bits per heavy atom. The Balaban J connectivity index is 1.44. The minimum absolute atomic E-state index is 0.634. The maximum atomic E-state index is 5.21. The van der Waals surface area contributed by atoms with Crippen LogP contribution >= 0.6 is 0 Å². The zero-order valence-electron chi connectivity index (χ0n) is 17.8. The van der Waals surface area contributed by atoms with Crippen LogP contribution in [0.1, 0.15) is 41.5 Å². The Morgan fingerprint density at radius 1 is 0.897 bits per heavy atom. The second-order valence-corrected chi connectivity index (χ2v) is 7.69. The number of methoxy groups -OCH3 is 1. The van der Waals surface area contributed by atoms with E-state index in [1.807, 2.05) is 0 Å². The highest BCUT2D eigenvalue weighted by molar-refractivity contribution is 5.79. The number of nitrogens with one attached hydrogen (secondary N) is 2. The zero-order valence-corrected chi connectivity index (χ0v) is 17.8. The molecule has 5 heteroatoms. The van der Waals surface area contributed by atoms with Gasteiger partial charge in [0.2, 0.25) is 0 Å². The average molecular weight is 395 g/mol. The predicted octanol–water partition coefficient (Wildman–Crippen LogP) is 3.68. The summed E-state index contributed by atoms with van der Waals surface area (Å²) in [4.78, 5) is 6.89. The van der Waals surface area contributed by atoms with Gasteiger partial charge in [-0.2, -0.15) is 0 Å². The number of rotatable bonds is 8. The molecule has 3 rings (SSSR count). The normalized spacial score (nSPS) is 15.3. The molecule has 0 bridgehead atoms. The summed E-state index contributed by atoms with van der Waals surface area (Å²) in [6, 6.07) is 17.3. The van der Waals surface area contributed by atoms with Crippen LogP contribution in [-0.4, -0.2) is 38.1 Å². The molecule has 1 heterocycles. The first-order chi connectivity index (χ1) is 14.3. The van der Waals surface area contributed by atoms with Crippen LogP contribution in [0.4, 0.5) is 0 Å². The number of guanidine groups is 1. The van der Waals surface area contributed by atoms with E-state index in [0.29, 0.717) is 6.61 Å². The Bertz CT molecular complexity index is 767. The van der Waals surface area contributed by atoms with Gasteiger partial charge in [-0.05, 0) is 48.2 Å². The van der Waals surface area contributed by atoms with Crippen LogP contribution in [0.2, 0.25) is 0 Å². The van der Waals surface area contributed by atoms with Gasteiger partial charge in [0.1, 0.15) is 0 Å². The molecule has 0 saturated carbocycles. The second kappa shape index (κ2) is 11.6. The van der Waals surface area contributed by atoms with Crippen LogP contribution in [0.5, 0.6) is 0 Å². The zero-order chi connectivity index (χ0) is 20.3. The van der Waals surface area contributed by atoms with E-state index in [0.717, 1.165) is 25.6 Å². The molecule has 0 spiro atoms. The second-order valence-electron chi connectivity index (χ2n) is 7.69. The highest BCUT2D eigenvalue weighted by Gasteiger charge is 2.10. The quantitative estimate of drug-likeness (QED) is 0.530. The summed E-state index contributed by atoms with van der Waals surface area (Å²) in [7, 11) is 3.52. The Kier molecular flexibility index (Phi) is 8.53. The summed E-state index contributed by atoms with van der Waals surface area (Å²) < 4.78 is 5.21. The summed E-state index contributed by atoms with van der Waals surface area (Å²) >= 11 is 0. The van der Waals surface area contributed by atoms with Crippen LogP contribution in [0, 0.1) is 0 Å². The molecular weight excluding hydrogens is 360 g/mol. The van der Waals surface area contributed by atoms with Crippen molar-refractivity contribution in [2.45, 2.75) is 45.5 Å². The highest BCUT2D eigenvalue weighted by atomic mass is 16.5. The molecule has 0 aliphatic carbocycles. The number of likely N-dealkylation sites (tertiary alicyclic amines) is 1. The summed E-state index contributed by atoms with van der Waals surface area (Å²) in [5.41, 5.74) is 5.05. The van der Waals surface area contributed by atoms with Crippen molar-refractivity contribution >= 4 is 5.96 Å². The molecule has 2 N–H and O–H groups in total. The van der Waals surface area contributed by atoms with Crippen LogP contribution < -0.4 is 10.6 Å². The van der Waals surface area contributed by atoms with Gasteiger partial charge >= 0.3 is 0 Å². The van der Waals surface area contributed by atoms with Crippen molar-refractivity contribution in [3.8, 4) is 0 Å². The smallest absolute Gasteiger partial charge is 0.191 e. The molecule has 1 saturated heterocycles. The SMILES string of the molecule is CN=C(NCc1ccc(CN2CCCCC2)cc1)NCc1cccc(COC)c1. The fourth-order valence-corrected chi connectivity index (χ4v) is 3.73. The van der Waals surface area contributed by atoms with Crippen LogP contribution in [0.3, 0.4) is 0 Å². The number of piperidine rings is 1. The number of aliphatic imine (C=N–C) groups is 1. The van der Waals surface area contributed by atoms with E-state index in [1.165, 1.54) is 54.6 Å². The maximum Gasteiger partial charge on any atom is 0.191 e. The van der Waals surface area contributed by atoms with Crippen LogP contribution in [-0.2, 0) is 31.0 Å². The summed E-state index contributed by atoms with van der Waals surface area (Å²) in [6.45, 7) is 5.66. The molecule has 0 aromatic heterocycles. The molecule has 156 valence electrons. The third-order valence-corrected chi connectivity index (χ3v) is 5.32. The largest absolute Gasteiger partial charge is 0.380 e. The molecular formula is C24H34N4O. The number of hydrogen-bond donors (Lipinski definition) is 2. The van der Waals surface area contributed by atoms with Crippen molar-refractivity contribution in [3.63, 3.8) is 0 Å². The lowest BCUT2D eigenvalue weighted by atomic mass is 10.1. The lowest BCUT2D eigenvalue weighted by molar-refractivity contribution is 0.185. The lowest BCUT2D eigenvalue weighted by Crippen LogP contribution is -2.36. The molecule has 5 nitrogen and oxygen atoms in total. The molecule has 1 fully saturated rings. The van der Waals surface area contributed by atoms with E-state index < -0.39 is 0 Å². The fourth-order valence-electron chi connectivity index (χ4n) is 3.73. The van der Waals surface area contributed by atoms with Crippen molar-refractivity contribution < 1.29 is 4.74 Å². The first kappa shape index (κ1) is 21.3. The first-order valence-corrected chi connectivity index (χ1v) is 10.6. The van der Waals surface area contributed by atoms with Crippen molar-refractivity contribution in [2.24, 2.45) is 4.99 Å². The van der Waals surface area contributed by atoms with Crippen molar-refractivity contribution in [1.29, 1.82) is 0 Å². The third-order valence-electron chi connectivity index (χ3n) is 5.32. The van der Waals surface area contributed by atoms with Gasteiger partial charge in [0.05, 0.1) is 6.61 Å². The van der Waals surface area contributed by atoms with Gasteiger partial charge in [0.15, 0.2) is 5.96 Å². The maximum absolute atomic E-state index is 5.21. The summed E-state index contributed by atoms with van der Waals surface area (Å²) in [6.07, 6.45) is 4.06. The monoisotopic (exact) mass is 394 g/mol. The summed E-state index contributed by atoms with van der Waals surface area (Å²) in [5.74, 6) is 0.805. The number of nitrogens with zero attached hydrogens (tertiary/aromatic N) is 2.